The maximum atomic E-state index is 6.44. The SMILES string of the molecule is NN(C1CCCCC1)C1CCC(c2ccccc2)CC1. The molecule has 2 aliphatic rings. The number of nitrogens with two attached hydrogens (primary N) is 1. The number of nitrogens with zero attached hydrogens (tertiary/aromatic N) is 1. The molecule has 1 aromatic carbocycles. The molecule has 0 aromatic heterocycles. The summed E-state index contributed by atoms with van der Waals surface area (Å²) < 4.78 is 0. The third-order valence-corrected chi connectivity index (χ3v) is 5.39. The summed E-state index contributed by atoms with van der Waals surface area (Å²) in [7, 11) is 0. The second-order valence-electron chi connectivity index (χ2n) is 6.66. The van der Waals surface area contributed by atoms with Crippen LogP contribution in [0, 0.1) is 0 Å². The molecule has 0 atom stereocenters. The lowest BCUT2D eigenvalue weighted by molar-refractivity contribution is 0.0776. The normalized spacial score (nSPS) is 28.7. The molecule has 2 nitrogen and oxygen atoms in total. The number of rotatable bonds is 3. The first-order valence-electron chi connectivity index (χ1n) is 8.42. The molecule has 2 saturated carbocycles. The van der Waals surface area contributed by atoms with Crippen LogP contribution in [0.2, 0.25) is 0 Å². The molecule has 2 fully saturated rings. The van der Waals surface area contributed by atoms with Gasteiger partial charge in [-0.3, -0.25) is 5.84 Å². The van der Waals surface area contributed by atoms with Crippen molar-refractivity contribution in [3.8, 4) is 0 Å². The number of benzene rings is 1. The van der Waals surface area contributed by atoms with Gasteiger partial charge in [-0.1, -0.05) is 49.6 Å². The Balaban J connectivity index is 1.53. The van der Waals surface area contributed by atoms with E-state index in [0.29, 0.717) is 12.1 Å². The first-order valence-corrected chi connectivity index (χ1v) is 8.42. The van der Waals surface area contributed by atoms with Crippen LogP contribution in [0.15, 0.2) is 30.3 Å². The second-order valence-corrected chi connectivity index (χ2v) is 6.66. The molecule has 2 aliphatic carbocycles. The molecule has 3 rings (SSSR count). The van der Waals surface area contributed by atoms with E-state index in [0.717, 1.165) is 5.92 Å². The van der Waals surface area contributed by atoms with E-state index >= 15 is 0 Å². The van der Waals surface area contributed by atoms with Crippen molar-refractivity contribution in [2.75, 3.05) is 0 Å². The number of hydrogen-bond acceptors (Lipinski definition) is 2. The predicted molar refractivity (Wildman–Crippen MR) is 84.3 cm³/mol. The lowest BCUT2D eigenvalue weighted by atomic mass is 9.81. The summed E-state index contributed by atoms with van der Waals surface area (Å²) in [6.07, 6.45) is 11.9. The minimum atomic E-state index is 0.623. The summed E-state index contributed by atoms with van der Waals surface area (Å²) in [5.41, 5.74) is 1.52. The Labute approximate surface area is 123 Å². The average molecular weight is 272 g/mol. The number of hydrazine groups is 1. The van der Waals surface area contributed by atoms with Gasteiger partial charge in [-0.15, -0.1) is 0 Å². The lowest BCUT2D eigenvalue weighted by Crippen LogP contribution is -2.50. The fraction of sp³-hybridized carbons (Fsp3) is 0.667. The lowest BCUT2D eigenvalue weighted by Gasteiger charge is -2.40. The Morgan fingerprint density at radius 2 is 1.35 bits per heavy atom. The maximum absolute atomic E-state index is 6.44. The van der Waals surface area contributed by atoms with Crippen molar-refractivity contribution in [3.05, 3.63) is 35.9 Å². The Morgan fingerprint density at radius 3 is 2.00 bits per heavy atom. The van der Waals surface area contributed by atoms with Gasteiger partial charge in [-0.05, 0) is 50.0 Å². The van der Waals surface area contributed by atoms with Crippen molar-refractivity contribution in [3.63, 3.8) is 0 Å². The molecule has 0 aliphatic heterocycles. The van der Waals surface area contributed by atoms with E-state index in [1.54, 1.807) is 0 Å². The predicted octanol–water partition coefficient (Wildman–Crippen LogP) is 4.22. The molecular weight excluding hydrogens is 244 g/mol. The smallest absolute Gasteiger partial charge is 0.0244 e. The molecule has 20 heavy (non-hydrogen) atoms. The standard InChI is InChI=1S/C18H28N2/c19-20(17-9-5-2-6-10-17)18-13-11-16(12-14-18)15-7-3-1-4-8-15/h1,3-4,7-8,16-18H,2,5-6,9-14,19H2. The van der Waals surface area contributed by atoms with Crippen LogP contribution >= 0.6 is 0 Å². The van der Waals surface area contributed by atoms with Gasteiger partial charge in [0.25, 0.3) is 0 Å². The third-order valence-electron chi connectivity index (χ3n) is 5.39. The highest BCUT2D eigenvalue weighted by molar-refractivity contribution is 5.20. The van der Waals surface area contributed by atoms with Crippen LogP contribution in [0.1, 0.15) is 69.3 Å². The van der Waals surface area contributed by atoms with E-state index in [1.807, 2.05) is 0 Å². The Hall–Kier alpha value is -0.860. The van der Waals surface area contributed by atoms with Gasteiger partial charge in [0.15, 0.2) is 0 Å². The summed E-state index contributed by atoms with van der Waals surface area (Å²) in [4.78, 5) is 0. The zero-order chi connectivity index (χ0) is 13.8. The molecule has 0 spiro atoms. The molecule has 0 heterocycles. The van der Waals surface area contributed by atoms with Crippen molar-refractivity contribution < 1.29 is 0 Å². The summed E-state index contributed by atoms with van der Waals surface area (Å²) in [5, 5.41) is 2.24. The molecule has 0 amide bonds. The van der Waals surface area contributed by atoms with E-state index < -0.39 is 0 Å². The fourth-order valence-electron chi connectivity index (χ4n) is 4.11. The second kappa shape index (κ2) is 6.73. The van der Waals surface area contributed by atoms with Crippen molar-refractivity contribution >= 4 is 0 Å². The van der Waals surface area contributed by atoms with Crippen LogP contribution in [-0.4, -0.2) is 17.1 Å². The first-order chi connectivity index (χ1) is 9.84. The van der Waals surface area contributed by atoms with Gasteiger partial charge in [0.1, 0.15) is 0 Å². The molecule has 2 heteroatoms. The van der Waals surface area contributed by atoms with Gasteiger partial charge in [0, 0.05) is 12.1 Å². The largest absolute Gasteiger partial charge is 0.268 e. The van der Waals surface area contributed by atoms with Crippen LogP contribution in [0.4, 0.5) is 0 Å². The summed E-state index contributed by atoms with van der Waals surface area (Å²) in [6, 6.07) is 12.3. The van der Waals surface area contributed by atoms with Crippen molar-refractivity contribution in [2.24, 2.45) is 5.84 Å². The minimum Gasteiger partial charge on any atom is -0.268 e. The highest BCUT2D eigenvalue weighted by Crippen LogP contribution is 2.35. The van der Waals surface area contributed by atoms with Gasteiger partial charge < -0.3 is 0 Å². The zero-order valence-corrected chi connectivity index (χ0v) is 12.5. The Kier molecular flexibility index (Phi) is 4.74. The van der Waals surface area contributed by atoms with E-state index in [2.05, 4.69) is 35.3 Å². The average Bonchev–Trinajstić information content (AvgIpc) is 2.56. The van der Waals surface area contributed by atoms with E-state index in [1.165, 1.54) is 63.4 Å². The van der Waals surface area contributed by atoms with Crippen LogP contribution < -0.4 is 5.84 Å². The fourth-order valence-corrected chi connectivity index (χ4v) is 4.11. The van der Waals surface area contributed by atoms with E-state index in [4.69, 9.17) is 5.84 Å². The van der Waals surface area contributed by atoms with Crippen molar-refractivity contribution in [1.29, 1.82) is 0 Å². The molecule has 1 aromatic rings. The molecule has 0 saturated heterocycles. The monoisotopic (exact) mass is 272 g/mol. The van der Waals surface area contributed by atoms with Gasteiger partial charge in [-0.25, -0.2) is 5.01 Å². The topological polar surface area (TPSA) is 29.3 Å². The summed E-state index contributed by atoms with van der Waals surface area (Å²) in [6.45, 7) is 0. The molecule has 2 N–H and O–H groups in total. The van der Waals surface area contributed by atoms with E-state index in [-0.39, 0.29) is 0 Å². The van der Waals surface area contributed by atoms with Gasteiger partial charge in [-0.2, -0.15) is 0 Å². The van der Waals surface area contributed by atoms with Crippen LogP contribution in [0.5, 0.6) is 0 Å². The molecule has 0 radical (unpaired) electrons. The summed E-state index contributed by atoms with van der Waals surface area (Å²) >= 11 is 0. The Morgan fingerprint density at radius 1 is 0.750 bits per heavy atom. The molecule has 110 valence electrons. The summed E-state index contributed by atoms with van der Waals surface area (Å²) in [5.74, 6) is 7.20. The highest BCUT2D eigenvalue weighted by atomic mass is 15.4. The minimum absolute atomic E-state index is 0.623. The highest BCUT2D eigenvalue weighted by Gasteiger charge is 2.29. The Bertz CT molecular complexity index is 389. The zero-order valence-electron chi connectivity index (χ0n) is 12.5. The van der Waals surface area contributed by atoms with Crippen molar-refractivity contribution in [2.45, 2.75) is 75.8 Å². The maximum Gasteiger partial charge on any atom is 0.0244 e. The molecule has 0 bridgehead atoms. The van der Waals surface area contributed by atoms with Crippen LogP contribution in [0.3, 0.4) is 0 Å². The van der Waals surface area contributed by atoms with Gasteiger partial charge in [0.05, 0.1) is 0 Å². The van der Waals surface area contributed by atoms with Gasteiger partial charge >= 0.3 is 0 Å². The first kappa shape index (κ1) is 14.1. The van der Waals surface area contributed by atoms with Crippen LogP contribution in [0.25, 0.3) is 0 Å². The quantitative estimate of drug-likeness (QED) is 0.659. The van der Waals surface area contributed by atoms with Crippen molar-refractivity contribution in [1.82, 2.24) is 5.01 Å². The molecular formula is C18H28N2. The molecule has 0 unspecified atom stereocenters. The number of hydrogen-bond donors (Lipinski definition) is 1. The van der Waals surface area contributed by atoms with Crippen LogP contribution in [-0.2, 0) is 0 Å². The third kappa shape index (κ3) is 3.24. The van der Waals surface area contributed by atoms with Gasteiger partial charge in [0.2, 0.25) is 0 Å². The van der Waals surface area contributed by atoms with E-state index in [9.17, 15) is 0 Å².